The Morgan fingerprint density at radius 2 is 2.04 bits per heavy atom. The topological polar surface area (TPSA) is 91.1 Å². The van der Waals surface area contributed by atoms with Crippen molar-refractivity contribution in [1.29, 1.82) is 0 Å². The summed E-state index contributed by atoms with van der Waals surface area (Å²) in [5.74, 6) is -0.912. The molecule has 0 atom stereocenters. The van der Waals surface area contributed by atoms with E-state index in [0.29, 0.717) is 22.7 Å². The molecule has 1 aromatic carbocycles. The Morgan fingerprint density at radius 3 is 2.88 bits per heavy atom. The summed E-state index contributed by atoms with van der Waals surface area (Å²) in [6.07, 6.45) is 8.41. The van der Waals surface area contributed by atoms with E-state index in [1.54, 1.807) is 52.2 Å². The van der Waals surface area contributed by atoms with E-state index in [2.05, 4.69) is 15.1 Å². The van der Waals surface area contributed by atoms with Gasteiger partial charge in [-0.05, 0) is 24.3 Å². The number of amides is 1. The molecule has 2 N–H and O–H groups in total. The molecule has 0 spiro atoms. The molecule has 0 saturated heterocycles. The first kappa shape index (κ1) is 14.1. The lowest BCUT2D eigenvalue weighted by Gasteiger charge is -2.08. The van der Waals surface area contributed by atoms with Gasteiger partial charge in [0, 0.05) is 30.5 Å². The van der Waals surface area contributed by atoms with Gasteiger partial charge in [0.15, 0.2) is 5.65 Å². The molecule has 8 heteroatoms. The van der Waals surface area contributed by atoms with E-state index in [4.69, 9.17) is 5.73 Å². The summed E-state index contributed by atoms with van der Waals surface area (Å²) in [5.41, 5.74) is 6.96. The zero-order valence-corrected chi connectivity index (χ0v) is 12.3. The number of nitrogens with zero attached hydrogens (tertiary/aromatic N) is 5. The number of carbonyl (C=O) groups is 1. The average Bonchev–Trinajstić information content (AvgIpc) is 3.21. The van der Waals surface area contributed by atoms with Crippen molar-refractivity contribution in [2.75, 3.05) is 0 Å². The van der Waals surface area contributed by atoms with Crippen molar-refractivity contribution in [3.63, 3.8) is 0 Å². The molecule has 0 aliphatic heterocycles. The Kier molecular flexibility index (Phi) is 3.09. The number of primary amides is 1. The second-order valence-corrected chi connectivity index (χ2v) is 5.10. The Morgan fingerprint density at radius 1 is 1.17 bits per heavy atom. The van der Waals surface area contributed by atoms with Crippen LogP contribution in [0.5, 0.6) is 0 Å². The van der Waals surface area contributed by atoms with Crippen molar-refractivity contribution in [3.05, 3.63) is 66.6 Å². The molecule has 0 bridgehead atoms. The maximum atomic E-state index is 13.7. The van der Waals surface area contributed by atoms with Crippen LogP contribution in [0.1, 0.15) is 10.4 Å². The molecular formula is C16H11FN6O. The SMILES string of the molecule is NC(=O)c1cc(-n2ccnc2-c2cnn3cccnc23)ccc1F. The molecule has 0 saturated carbocycles. The Hall–Kier alpha value is -3.55. The van der Waals surface area contributed by atoms with E-state index in [1.807, 2.05) is 0 Å². The van der Waals surface area contributed by atoms with Crippen LogP contribution in [0.3, 0.4) is 0 Å². The molecule has 4 aromatic rings. The second kappa shape index (κ2) is 5.27. The largest absolute Gasteiger partial charge is 0.366 e. The van der Waals surface area contributed by atoms with Crippen LogP contribution in [-0.2, 0) is 0 Å². The normalized spacial score (nSPS) is 11.0. The van der Waals surface area contributed by atoms with Gasteiger partial charge in [0.05, 0.1) is 17.3 Å². The lowest BCUT2D eigenvalue weighted by molar-refractivity contribution is 0.0996. The van der Waals surface area contributed by atoms with Crippen LogP contribution in [0.4, 0.5) is 4.39 Å². The Labute approximate surface area is 135 Å². The molecule has 4 rings (SSSR count). The monoisotopic (exact) mass is 322 g/mol. The van der Waals surface area contributed by atoms with Gasteiger partial charge in [0.1, 0.15) is 11.6 Å². The molecule has 118 valence electrons. The van der Waals surface area contributed by atoms with Gasteiger partial charge in [0.25, 0.3) is 5.91 Å². The van der Waals surface area contributed by atoms with E-state index in [9.17, 15) is 9.18 Å². The van der Waals surface area contributed by atoms with Crippen molar-refractivity contribution in [3.8, 4) is 17.1 Å². The van der Waals surface area contributed by atoms with Crippen LogP contribution in [-0.4, -0.2) is 30.1 Å². The fraction of sp³-hybridized carbons (Fsp3) is 0. The zero-order chi connectivity index (χ0) is 16.7. The summed E-state index contributed by atoms with van der Waals surface area (Å²) in [7, 11) is 0. The molecule has 3 aromatic heterocycles. The van der Waals surface area contributed by atoms with Gasteiger partial charge >= 0.3 is 0 Å². The highest BCUT2D eigenvalue weighted by Gasteiger charge is 2.16. The van der Waals surface area contributed by atoms with Crippen molar-refractivity contribution < 1.29 is 9.18 Å². The minimum Gasteiger partial charge on any atom is -0.366 e. The summed E-state index contributed by atoms with van der Waals surface area (Å²) in [6.45, 7) is 0. The van der Waals surface area contributed by atoms with Gasteiger partial charge in [-0.3, -0.25) is 9.36 Å². The minimum absolute atomic E-state index is 0.176. The van der Waals surface area contributed by atoms with E-state index in [-0.39, 0.29) is 5.56 Å². The Bertz CT molecular complexity index is 1070. The summed E-state index contributed by atoms with van der Waals surface area (Å²) in [6, 6.07) is 5.91. The van der Waals surface area contributed by atoms with Gasteiger partial charge in [-0.25, -0.2) is 18.9 Å². The third kappa shape index (κ3) is 2.12. The molecule has 7 nitrogen and oxygen atoms in total. The quantitative estimate of drug-likeness (QED) is 0.623. The zero-order valence-electron chi connectivity index (χ0n) is 12.3. The van der Waals surface area contributed by atoms with E-state index < -0.39 is 11.7 Å². The summed E-state index contributed by atoms with van der Waals surface area (Å²) in [5, 5.41) is 4.24. The standard InChI is InChI=1S/C16H11FN6O/c17-13-3-2-10(8-11(13)14(18)24)22-7-5-20-15(22)12-9-21-23-6-1-4-19-16(12)23/h1-9H,(H2,18,24). The van der Waals surface area contributed by atoms with Gasteiger partial charge in [-0.15, -0.1) is 0 Å². The maximum Gasteiger partial charge on any atom is 0.251 e. The smallest absolute Gasteiger partial charge is 0.251 e. The van der Waals surface area contributed by atoms with Gasteiger partial charge in [-0.2, -0.15) is 5.10 Å². The fourth-order valence-corrected chi connectivity index (χ4v) is 2.55. The first-order chi connectivity index (χ1) is 11.6. The van der Waals surface area contributed by atoms with Crippen molar-refractivity contribution >= 4 is 11.6 Å². The number of fused-ring (bicyclic) bond motifs is 1. The van der Waals surface area contributed by atoms with Crippen molar-refractivity contribution in [1.82, 2.24) is 24.1 Å². The van der Waals surface area contributed by atoms with E-state index in [1.165, 1.54) is 12.1 Å². The van der Waals surface area contributed by atoms with Crippen molar-refractivity contribution in [2.24, 2.45) is 5.73 Å². The number of hydrogen-bond donors (Lipinski definition) is 1. The minimum atomic E-state index is -0.825. The molecule has 0 radical (unpaired) electrons. The second-order valence-electron chi connectivity index (χ2n) is 5.10. The first-order valence-corrected chi connectivity index (χ1v) is 7.07. The molecule has 24 heavy (non-hydrogen) atoms. The molecule has 1 amide bonds. The Balaban J connectivity index is 1.90. The van der Waals surface area contributed by atoms with E-state index >= 15 is 0 Å². The van der Waals surface area contributed by atoms with Gasteiger partial charge in [0.2, 0.25) is 0 Å². The van der Waals surface area contributed by atoms with Crippen LogP contribution in [0.2, 0.25) is 0 Å². The summed E-state index contributed by atoms with van der Waals surface area (Å²) in [4.78, 5) is 20.0. The first-order valence-electron chi connectivity index (χ1n) is 7.07. The highest BCUT2D eigenvalue weighted by molar-refractivity contribution is 5.93. The highest BCUT2D eigenvalue weighted by atomic mass is 19.1. The number of rotatable bonds is 3. The number of benzene rings is 1. The molecule has 0 aliphatic rings. The van der Waals surface area contributed by atoms with E-state index in [0.717, 1.165) is 0 Å². The fourth-order valence-electron chi connectivity index (χ4n) is 2.55. The molecule has 0 fully saturated rings. The predicted octanol–water partition coefficient (Wildman–Crippen LogP) is 1.82. The third-order valence-corrected chi connectivity index (χ3v) is 3.65. The van der Waals surface area contributed by atoms with Gasteiger partial charge < -0.3 is 5.73 Å². The molecule has 0 aliphatic carbocycles. The van der Waals surface area contributed by atoms with Gasteiger partial charge in [-0.1, -0.05) is 0 Å². The van der Waals surface area contributed by atoms with Crippen LogP contribution < -0.4 is 5.73 Å². The van der Waals surface area contributed by atoms with Crippen molar-refractivity contribution in [2.45, 2.75) is 0 Å². The third-order valence-electron chi connectivity index (χ3n) is 3.65. The molecular weight excluding hydrogens is 311 g/mol. The van der Waals surface area contributed by atoms with Crippen LogP contribution in [0, 0.1) is 5.82 Å². The number of hydrogen-bond acceptors (Lipinski definition) is 4. The summed E-state index contributed by atoms with van der Waals surface area (Å²) < 4.78 is 17.0. The highest BCUT2D eigenvalue weighted by Crippen LogP contribution is 2.25. The van der Waals surface area contributed by atoms with Crippen LogP contribution >= 0.6 is 0 Å². The lowest BCUT2D eigenvalue weighted by atomic mass is 10.1. The lowest BCUT2D eigenvalue weighted by Crippen LogP contribution is -2.13. The molecule has 0 unspecified atom stereocenters. The van der Waals surface area contributed by atoms with Crippen LogP contribution in [0.25, 0.3) is 22.7 Å². The number of aromatic nitrogens is 5. The maximum absolute atomic E-state index is 13.7. The van der Waals surface area contributed by atoms with Crippen LogP contribution in [0.15, 0.2) is 55.2 Å². The predicted molar refractivity (Wildman–Crippen MR) is 84.0 cm³/mol. The summed E-state index contributed by atoms with van der Waals surface area (Å²) >= 11 is 0. The molecule has 3 heterocycles. The number of imidazole rings is 1. The number of halogens is 1. The number of nitrogens with two attached hydrogens (primary N) is 1. The number of carbonyl (C=O) groups excluding carboxylic acids is 1. The average molecular weight is 322 g/mol.